The van der Waals surface area contributed by atoms with Crippen LogP contribution in [0.25, 0.3) is 10.9 Å². The summed E-state index contributed by atoms with van der Waals surface area (Å²) in [6.45, 7) is 4.04. The van der Waals surface area contributed by atoms with Crippen molar-refractivity contribution >= 4 is 10.9 Å². The summed E-state index contributed by atoms with van der Waals surface area (Å²) in [5, 5.41) is 0.749. The summed E-state index contributed by atoms with van der Waals surface area (Å²) in [7, 11) is 2.19. The van der Waals surface area contributed by atoms with Gasteiger partial charge in [-0.3, -0.25) is 9.36 Å². The van der Waals surface area contributed by atoms with E-state index in [-0.39, 0.29) is 5.56 Å². The Morgan fingerprint density at radius 3 is 2.95 bits per heavy atom. The highest BCUT2D eigenvalue weighted by Gasteiger charge is 2.18. The molecule has 1 aromatic carbocycles. The van der Waals surface area contributed by atoms with E-state index in [1.54, 1.807) is 10.9 Å². The van der Waals surface area contributed by atoms with Crippen LogP contribution in [0.2, 0.25) is 0 Å². The molecule has 1 aliphatic heterocycles. The number of fused-ring (bicyclic) bond motifs is 1. The third kappa shape index (κ3) is 3.07. The lowest BCUT2D eigenvalue weighted by Gasteiger charge is -2.32. The highest BCUT2D eigenvalue weighted by Crippen LogP contribution is 2.18. The third-order valence-corrected chi connectivity index (χ3v) is 4.92. The van der Waals surface area contributed by atoms with Gasteiger partial charge in [0.1, 0.15) is 0 Å². The molecule has 2 heterocycles. The Kier molecular flexibility index (Phi) is 4.57. The maximum Gasteiger partial charge on any atom is 0.261 e. The van der Waals surface area contributed by atoms with Crippen LogP contribution in [0.15, 0.2) is 29.3 Å². The van der Waals surface area contributed by atoms with Crippen molar-refractivity contribution in [3.63, 3.8) is 0 Å². The van der Waals surface area contributed by atoms with Crippen molar-refractivity contribution in [2.75, 3.05) is 13.6 Å². The van der Waals surface area contributed by atoms with Crippen molar-refractivity contribution in [2.45, 2.75) is 51.6 Å². The predicted octanol–water partition coefficient (Wildman–Crippen LogP) is 2.83. The Balaban J connectivity index is 1.81. The maximum absolute atomic E-state index is 12.7. The molecular weight excluding hydrogens is 274 g/mol. The van der Waals surface area contributed by atoms with Crippen LogP contribution in [0, 0.1) is 0 Å². The van der Waals surface area contributed by atoms with Gasteiger partial charge >= 0.3 is 0 Å². The molecule has 0 aliphatic carbocycles. The smallest absolute Gasteiger partial charge is 0.261 e. The molecule has 1 aromatic heterocycles. The second-order valence-electron chi connectivity index (χ2n) is 6.37. The van der Waals surface area contributed by atoms with Gasteiger partial charge in [0.15, 0.2) is 0 Å². The van der Waals surface area contributed by atoms with Gasteiger partial charge < -0.3 is 4.90 Å². The summed E-state index contributed by atoms with van der Waals surface area (Å²) < 4.78 is 1.78. The molecule has 0 radical (unpaired) electrons. The van der Waals surface area contributed by atoms with E-state index in [9.17, 15) is 4.79 Å². The molecule has 4 nitrogen and oxygen atoms in total. The van der Waals surface area contributed by atoms with Crippen LogP contribution < -0.4 is 5.56 Å². The molecular formula is C18H25N3O. The van der Waals surface area contributed by atoms with E-state index in [4.69, 9.17) is 0 Å². The first-order valence-electron chi connectivity index (χ1n) is 8.37. The van der Waals surface area contributed by atoms with Crippen LogP contribution in [-0.2, 0) is 13.0 Å². The van der Waals surface area contributed by atoms with Crippen LogP contribution in [0.5, 0.6) is 0 Å². The number of nitrogens with zero attached hydrogens (tertiary/aromatic N) is 3. The predicted molar refractivity (Wildman–Crippen MR) is 90.3 cm³/mol. The molecule has 1 aliphatic rings. The molecule has 1 fully saturated rings. The van der Waals surface area contributed by atoms with Crippen molar-refractivity contribution in [1.82, 2.24) is 14.5 Å². The van der Waals surface area contributed by atoms with Gasteiger partial charge in [-0.15, -0.1) is 0 Å². The first-order chi connectivity index (χ1) is 10.7. The Bertz CT molecular complexity index is 707. The van der Waals surface area contributed by atoms with E-state index in [0.717, 1.165) is 30.3 Å². The van der Waals surface area contributed by atoms with E-state index in [2.05, 4.69) is 29.9 Å². The molecule has 118 valence electrons. The number of piperidine rings is 1. The van der Waals surface area contributed by atoms with E-state index >= 15 is 0 Å². The van der Waals surface area contributed by atoms with Crippen LogP contribution in [0.3, 0.4) is 0 Å². The largest absolute Gasteiger partial charge is 0.303 e. The Morgan fingerprint density at radius 1 is 1.32 bits per heavy atom. The van der Waals surface area contributed by atoms with Crippen molar-refractivity contribution in [3.8, 4) is 0 Å². The van der Waals surface area contributed by atoms with Gasteiger partial charge in [0.25, 0.3) is 5.56 Å². The molecule has 1 saturated heterocycles. The molecule has 0 unspecified atom stereocenters. The van der Waals surface area contributed by atoms with Crippen LogP contribution in [-0.4, -0.2) is 34.1 Å². The zero-order valence-electron chi connectivity index (χ0n) is 13.6. The summed E-state index contributed by atoms with van der Waals surface area (Å²) in [6.07, 6.45) is 7.52. The lowest BCUT2D eigenvalue weighted by molar-refractivity contribution is 0.170. The fraction of sp³-hybridized carbons (Fsp3) is 0.556. The van der Waals surface area contributed by atoms with Crippen LogP contribution in [0.1, 0.15) is 38.2 Å². The molecule has 2 aromatic rings. The van der Waals surface area contributed by atoms with E-state index in [0.29, 0.717) is 6.04 Å². The molecule has 1 atom stereocenters. The second kappa shape index (κ2) is 6.61. The minimum absolute atomic E-state index is 0.0961. The van der Waals surface area contributed by atoms with Crippen molar-refractivity contribution in [3.05, 3.63) is 40.4 Å². The van der Waals surface area contributed by atoms with Crippen molar-refractivity contribution < 1.29 is 0 Å². The summed E-state index contributed by atoms with van der Waals surface area (Å²) in [4.78, 5) is 19.5. The molecule has 22 heavy (non-hydrogen) atoms. The molecule has 0 saturated carbocycles. The standard InChI is InChI=1S/C18H25N3O/c1-3-14-7-8-17-16(12-14)18(22)21(13-19-17)11-9-15-6-4-5-10-20(15)2/h7-8,12-13,15H,3-6,9-11H2,1-2H3/t15-/m0/s1. The highest BCUT2D eigenvalue weighted by molar-refractivity contribution is 5.78. The van der Waals surface area contributed by atoms with E-state index in [1.807, 2.05) is 12.1 Å². The maximum atomic E-state index is 12.7. The Morgan fingerprint density at radius 2 is 2.18 bits per heavy atom. The summed E-state index contributed by atoms with van der Waals surface area (Å²) in [6, 6.07) is 6.59. The minimum Gasteiger partial charge on any atom is -0.303 e. The molecule has 0 amide bonds. The average molecular weight is 299 g/mol. The van der Waals surface area contributed by atoms with Gasteiger partial charge in [0.05, 0.1) is 17.2 Å². The number of benzene rings is 1. The van der Waals surface area contributed by atoms with Crippen LogP contribution in [0.4, 0.5) is 0 Å². The topological polar surface area (TPSA) is 38.1 Å². The fourth-order valence-corrected chi connectivity index (χ4v) is 3.38. The first kappa shape index (κ1) is 15.2. The lowest BCUT2D eigenvalue weighted by Crippen LogP contribution is -2.37. The van der Waals surface area contributed by atoms with Crippen molar-refractivity contribution in [1.29, 1.82) is 0 Å². The van der Waals surface area contributed by atoms with Gasteiger partial charge in [-0.1, -0.05) is 19.4 Å². The number of likely N-dealkylation sites (tertiary alicyclic amines) is 1. The van der Waals surface area contributed by atoms with Gasteiger partial charge in [-0.05, 0) is 57.0 Å². The van der Waals surface area contributed by atoms with E-state index in [1.165, 1.54) is 31.4 Å². The molecule has 4 heteroatoms. The minimum atomic E-state index is 0.0961. The highest BCUT2D eigenvalue weighted by atomic mass is 16.1. The quantitative estimate of drug-likeness (QED) is 0.871. The number of hydrogen-bond donors (Lipinski definition) is 0. The normalized spacial score (nSPS) is 19.6. The van der Waals surface area contributed by atoms with Gasteiger partial charge in [-0.2, -0.15) is 0 Å². The third-order valence-electron chi connectivity index (χ3n) is 4.92. The second-order valence-corrected chi connectivity index (χ2v) is 6.37. The first-order valence-corrected chi connectivity index (χ1v) is 8.37. The molecule has 3 rings (SSSR count). The number of rotatable bonds is 4. The summed E-state index contributed by atoms with van der Waals surface area (Å²) in [5.74, 6) is 0. The lowest BCUT2D eigenvalue weighted by atomic mass is 10.0. The zero-order chi connectivity index (χ0) is 15.5. The molecule has 0 spiro atoms. The van der Waals surface area contributed by atoms with Crippen LogP contribution >= 0.6 is 0 Å². The summed E-state index contributed by atoms with van der Waals surface area (Å²) in [5.41, 5.74) is 2.09. The van der Waals surface area contributed by atoms with Gasteiger partial charge in [0, 0.05) is 12.6 Å². The number of hydrogen-bond acceptors (Lipinski definition) is 3. The Labute approximate surface area is 131 Å². The number of aryl methyl sites for hydroxylation is 2. The fourth-order valence-electron chi connectivity index (χ4n) is 3.38. The zero-order valence-corrected chi connectivity index (χ0v) is 13.6. The number of aromatic nitrogens is 2. The SMILES string of the molecule is CCc1ccc2ncn(CC[C@@H]3CCCCN3C)c(=O)c2c1. The summed E-state index contributed by atoms with van der Waals surface area (Å²) >= 11 is 0. The molecule has 0 N–H and O–H groups in total. The Hall–Kier alpha value is -1.68. The van der Waals surface area contributed by atoms with Gasteiger partial charge in [-0.25, -0.2) is 4.98 Å². The monoisotopic (exact) mass is 299 g/mol. The van der Waals surface area contributed by atoms with Gasteiger partial charge in [0.2, 0.25) is 0 Å². The average Bonchev–Trinajstić information content (AvgIpc) is 2.55. The van der Waals surface area contributed by atoms with E-state index < -0.39 is 0 Å². The molecule has 0 bridgehead atoms. The van der Waals surface area contributed by atoms with Crippen molar-refractivity contribution in [2.24, 2.45) is 0 Å².